The predicted octanol–water partition coefficient (Wildman–Crippen LogP) is 3.01. The minimum absolute atomic E-state index is 0.176. The fourth-order valence-corrected chi connectivity index (χ4v) is 1.57. The van der Waals surface area contributed by atoms with E-state index in [1.165, 1.54) is 0 Å². The van der Waals surface area contributed by atoms with Crippen molar-refractivity contribution in [3.05, 3.63) is 53.9 Å². The Kier molecular flexibility index (Phi) is 4.24. The molecular formula is C14H12F2N2O2. The Balaban J connectivity index is 2.11. The van der Waals surface area contributed by atoms with Crippen LogP contribution in [-0.4, -0.2) is 17.5 Å². The fraction of sp³-hybridized carbons (Fsp3) is 0.143. The van der Waals surface area contributed by atoms with Crippen molar-refractivity contribution in [1.82, 2.24) is 4.98 Å². The topological polar surface area (TPSA) is 51.2 Å². The van der Waals surface area contributed by atoms with Gasteiger partial charge >= 0.3 is 0 Å². The number of nitrogens with zero attached hydrogens (tertiary/aromatic N) is 1. The Labute approximate surface area is 114 Å². The monoisotopic (exact) mass is 278 g/mol. The highest BCUT2D eigenvalue weighted by Gasteiger charge is 2.11. The van der Waals surface area contributed by atoms with E-state index in [9.17, 15) is 13.6 Å². The van der Waals surface area contributed by atoms with Crippen LogP contribution in [0.5, 0.6) is 5.75 Å². The molecule has 0 aliphatic rings. The number of carbonyl (C=O) groups is 1. The molecule has 0 saturated heterocycles. The van der Waals surface area contributed by atoms with Crippen molar-refractivity contribution in [2.75, 3.05) is 11.9 Å². The molecule has 2 rings (SSSR count). The molecular weight excluding hydrogens is 266 g/mol. The molecule has 4 nitrogen and oxygen atoms in total. The Morgan fingerprint density at radius 3 is 2.50 bits per heavy atom. The van der Waals surface area contributed by atoms with Gasteiger partial charge in [0, 0.05) is 5.56 Å². The van der Waals surface area contributed by atoms with E-state index >= 15 is 0 Å². The standard InChI is InChI=1S/C14H12F2N2O2/c1-2-20-10-5-3-9(4-6-10)14(19)17-11-7-8-12(15)18-13(11)16/h3-8H,2H2,1H3,(H,17,19). The molecule has 1 aromatic heterocycles. The number of nitrogens with one attached hydrogen (secondary N) is 1. The van der Waals surface area contributed by atoms with Crippen LogP contribution in [0.2, 0.25) is 0 Å². The summed E-state index contributed by atoms with van der Waals surface area (Å²) in [6, 6.07) is 8.46. The summed E-state index contributed by atoms with van der Waals surface area (Å²) in [6.07, 6.45) is 0. The first-order valence-electron chi connectivity index (χ1n) is 5.96. The van der Waals surface area contributed by atoms with E-state index in [1.807, 2.05) is 6.92 Å². The van der Waals surface area contributed by atoms with Crippen LogP contribution in [-0.2, 0) is 0 Å². The molecule has 0 saturated carbocycles. The maximum absolute atomic E-state index is 13.3. The van der Waals surface area contributed by atoms with Gasteiger partial charge in [0.1, 0.15) is 5.75 Å². The minimum Gasteiger partial charge on any atom is -0.494 e. The Bertz CT molecular complexity index is 615. The lowest BCUT2D eigenvalue weighted by Crippen LogP contribution is -2.13. The molecule has 6 heteroatoms. The van der Waals surface area contributed by atoms with Gasteiger partial charge in [-0.1, -0.05) is 0 Å². The molecule has 0 radical (unpaired) electrons. The Morgan fingerprint density at radius 1 is 1.20 bits per heavy atom. The lowest BCUT2D eigenvalue weighted by atomic mass is 10.2. The first-order chi connectivity index (χ1) is 9.60. The van der Waals surface area contributed by atoms with Crippen molar-refractivity contribution < 1.29 is 18.3 Å². The summed E-state index contributed by atoms with van der Waals surface area (Å²) in [7, 11) is 0. The van der Waals surface area contributed by atoms with Crippen LogP contribution in [0.1, 0.15) is 17.3 Å². The number of ether oxygens (including phenoxy) is 1. The minimum atomic E-state index is -1.07. The zero-order valence-corrected chi connectivity index (χ0v) is 10.7. The molecule has 1 N–H and O–H groups in total. The molecule has 1 heterocycles. The average molecular weight is 278 g/mol. The van der Waals surface area contributed by atoms with E-state index < -0.39 is 17.8 Å². The van der Waals surface area contributed by atoms with Crippen LogP contribution < -0.4 is 10.1 Å². The summed E-state index contributed by atoms with van der Waals surface area (Å²) in [5.41, 5.74) is 0.155. The van der Waals surface area contributed by atoms with Crippen molar-refractivity contribution in [1.29, 1.82) is 0 Å². The molecule has 104 valence electrons. The molecule has 0 atom stereocenters. The summed E-state index contributed by atoms with van der Waals surface area (Å²) in [5.74, 6) is -1.88. The molecule has 0 bridgehead atoms. The number of carbonyl (C=O) groups excluding carboxylic acids is 1. The second kappa shape index (κ2) is 6.10. The van der Waals surface area contributed by atoms with Gasteiger partial charge in [-0.15, -0.1) is 0 Å². The van der Waals surface area contributed by atoms with Gasteiger partial charge < -0.3 is 10.1 Å². The Morgan fingerprint density at radius 2 is 1.90 bits per heavy atom. The van der Waals surface area contributed by atoms with Crippen molar-refractivity contribution in [3.8, 4) is 5.75 Å². The van der Waals surface area contributed by atoms with Gasteiger partial charge in [-0.3, -0.25) is 4.79 Å². The number of hydrogen-bond donors (Lipinski definition) is 1. The number of anilines is 1. The van der Waals surface area contributed by atoms with Crippen molar-refractivity contribution >= 4 is 11.6 Å². The number of rotatable bonds is 4. The van der Waals surface area contributed by atoms with Crippen LogP contribution in [0.15, 0.2) is 36.4 Å². The summed E-state index contributed by atoms with van der Waals surface area (Å²) in [5, 5.41) is 2.32. The summed E-state index contributed by atoms with van der Waals surface area (Å²) in [4.78, 5) is 14.9. The van der Waals surface area contributed by atoms with Gasteiger partial charge in [-0.05, 0) is 43.3 Å². The fourth-order valence-electron chi connectivity index (χ4n) is 1.57. The second-order valence-corrected chi connectivity index (χ2v) is 3.88. The Hall–Kier alpha value is -2.50. The highest BCUT2D eigenvalue weighted by molar-refractivity contribution is 6.04. The van der Waals surface area contributed by atoms with Crippen LogP contribution in [0.3, 0.4) is 0 Å². The number of aromatic nitrogens is 1. The number of halogens is 2. The van der Waals surface area contributed by atoms with Crippen LogP contribution in [0.25, 0.3) is 0 Å². The predicted molar refractivity (Wildman–Crippen MR) is 69.7 cm³/mol. The lowest BCUT2D eigenvalue weighted by molar-refractivity contribution is 0.102. The van der Waals surface area contributed by atoms with Crippen molar-refractivity contribution in [2.24, 2.45) is 0 Å². The SMILES string of the molecule is CCOc1ccc(C(=O)Nc2ccc(F)nc2F)cc1. The van der Waals surface area contributed by atoms with Crippen LogP contribution in [0.4, 0.5) is 14.5 Å². The van der Waals surface area contributed by atoms with E-state index in [-0.39, 0.29) is 5.69 Å². The third kappa shape index (κ3) is 3.28. The van der Waals surface area contributed by atoms with Crippen molar-refractivity contribution in [2.45, 2.75) is 6.92 Å². The first kappa shape index (κ1) is 13.9. The smallest absolute Gasteiger partial charge is 0.255 e. The normalized spacial score (nSPS) is 10.2. The van der Waals surface area contributed by atoms with E-state index in [0.717, 1.165) is 12.1 Å². The number of benzene rings is 1. The first-order valence-corrected chi connectivity index (χ1v) is 5.96. The molecule has 0 aliphatic heterocycles. The summed E-state index contributed by atoms with van der Waals surface area (Å²) in [6.45, 7) is 2.38. The quantitative estimate of drug-likeness (QED) is 0.875. The van der Waals surface area contributed by atoms with Gasteiger partial charge in [0.2, 0.25) is 11.9 Å². The average Bonchev–Trinajstić information content (AvgIpc) is 2.43. The number of pyridine rings is 1. The highest BCUT2D eigenvalue weighted by Crippen LogP contribution is 2.16. The molecule has 0 spiro atoms. The molecule has 1 aromatic carbocycles. The molecule has 0 fully saturated rings. The molecule has 2 aromatic rings. The van der Waals surface area contributed by atoms with Gasteiger partial charge in [-0.2, -0.15) is 13.8 Å². The van der Waals surface area contributed by atoms with Gasteiger partial charge in [0.25, 0.3) is 5.91 Å². The van der Waals surface area contributed by atoms with E-state index in [1.54, 1.807) is 24.3 Å². The number of amides is 1. The largest absolute Gasteiger partial charge is 0.494 e. The molecule has 0 unspecified atom stereocenters. The number of hydrogen-bond acceptors (Lipinski definition) is 3. The summed E-state index contributed by atoms with van der Waals surface area (Å²) < 4.78 is 31.2. The summed E-state index contributed by atoms with van der Waals surface area (Å²) >= 11 is 0. The third-order valence-corrected chi connectivity index (χ3v) is 2.49. The zero-order valence-electron chi connectivity index (χ0n) is 10.7. The van der Waals surface area contributed by atoms with Crippen molar-refractivity contribution in [3.63, 3.8) is 0 Å². The second-order valence-electron chi connectivity index (χ2n) is 3.88. The van der Waals surface area contributed by atoms with E-state index in [4.69, 9.17) is 4.74 Å². The maximum atomic E-state index is 13.3. The van der Waals surface area contributed by atoms with Gasteiger partial charge in [0.15, 0.2) is 0 Å². The molecule has 1 amide bonds. The van der Waals surface area contributed by atoms with Crippen LogP contribution in [0, 0.1) is 11.9 Å². The highest BCUT2D eigenvalue weighted by atomic mass is 19.1. The zero-order chi connectivity index (χ0) is 14.5. The maximum Gasteiger partial charge on any atom is 0.255 e. The van der Waals surface area contributed by atoms with E-state index in [2.05, 4.69) is 10.3 Å². The molecule has 0 aliphatic carbocycles. The molecule has 20 heavy (non-hydrogen) atoms. The third-order valence-electron chi connectivity index (χ3n) is 2.49. The van der Waals surface area contributed by atoms with Gasteiger partial charge in [0.05, 0.1) is 12.3 Å². The van der Waals surface area contributed by atoms with E-state index in [0.29, 0.717) is 17.9 Å². The van der Waals surface area contributed by atoms with Crippen LogP contribution >= 0.6 is 0 Å². The van der Waals surface area contributed by atoms with Gasteiger partial charge in [-0.25, -0.2) is 0 Å². The lowest BCUT2D eigenvalue weighted by Gasteiger charge is -2.07.